The van der Waals surface area contributed by atoms with Crippen LogP contribution in [0.25, 0.3) is 11.3 Å². The lowest BCUT2D eigenvalue weighted by Crippen LogP contribution is -2.14. The summed E-state index contributed by atoms with van der Waals surface area (Å²) in [6, 6.07) is 7.90. The molecular weight excluding hydrogens is 308 g/mol. The Balaban J connectivity index is 2.27. The van der Waals surface area contributed by atoms with E-state index in [9.17, 15) is 4.79 Å². The maximum atomic E-state index is 11.6. The number of rotatable bonds is 4. The van der Waals surface area contributed by atoms with Gasteiger partial charge in [-0.1, -0.05) is 35.0 Å². The van der Waals surface area contributed by atoms with Crippen molar-refractivity contribution in [2.75, 3.05) is 7.11 Å². The first-order valence-electron chi connectivity index (χ1n) is 6.04. The summed E-state index contributed by atoms with van der Waals surface area (Å²) in [5.74, 6) is 0.0423. The van der Waals surface area contributed by atoms with Crippen molar-refractivity contribution in [1.29, 1.82) is 0 Å². The molecule has 0 saturated carbocycles. The van der Waals surface area contributed by atoms with Gasteiger partial charge in [-0.25, -0.2) is 4.98 Å². The lowest BCUT2D eigenvalue weighted by molar-refractivity contribution is -0.142. The van der Waals surface area contributed by atoms with E-state index in [2.05, 4.69) is 25.9 Å². The Kier molecular flexibility index (Phi) is 4.37. The van der Waals surface area contributed by atoms with E-state index in [1.54, 1.807) is 6.20 Å². The molecule has 19 heavy (non-hydrogen) atoms. The second-order valence-electron chi connectivity index (χ2n) is 4.17. The third kappa shape index (κ3) is 3.04. The van der Waals surface area contributed by atoms with Crippen LogP contribution in [0.1, 0.15) is 25.1 Å². The van der Waals surface area contributed by atoms with Gasteiger partial charge in [0, 0.05) is 4.47 Å². The van der Waals surface area contributed by atoms with E-state index >= 15 is 0 Å². The molecule has 100 valence electrons. The molecule has 0 spiro atoms. The fraction of sp³-hybridized carbons (Fsp3) is 0.286. The van der Waals surface area contributed by atoms with E-state index in [4.69, 9.17) is 4.74 Å². The van der Waals surface area contributed by atoms with E-state index in [1.165, 1.54) is 7.11 Å². The number of esters is 1. The van der Waals surface area contributed by atoms with Crippen LogP contribution in [0.2, 0.25) is 0 Å². The fourth-order valence-corrected chi connectivity index (χ4v) is 2.17. The molecule has 1 atom stereocenters. The van der Waals surface area contributed by atoms with Crippen LogP contribution >= 0.6 is 15.9 Å². The van der Waals surface area contributed by atoms with Gasteiger partial charge in [0.15, 0.2) is 0 Å². The maximum absolute atomic E-state index is 11.6. The summed E-state index contributed by atoms with van der Waals surface area (Å²) in [6.07, 6.45) is 2.39. The second kappa shape index (κ2) is 6.02. The Morgan fingerprint density at radius 2 is 2.11 bits per heavy atom. The summed E-state index contributed by atoms with van der Waals surface area (Å²) in [4.78, 5) is 19.1. The number of imidazole rings is 1. The largest absolute Gasteiger partial charge is 0.468 e. The normalized spacial score (nSPS) is 12.2. The zero-order chi connectivity index (χ0) is 13.8. The van der Waals surface area contributed by atoms with Crippen LogP contribution in [-0.4, -0.2) is 23.0 Å². The molecule has 0 aliphatic heterocycles. The van der Waals surface area contributed by atoms with E-state index in [0.717, 1.165) is 15.7 Å². The van der Waals surface area contributed by atoms with Gasteiger partial charge in [-0.05, 0) is 24.1 Å². The number of carbonyl (C=O) groups is 1. The second-order valence-corrected chi connectivity index (χ2v) is 5.09. The minimum atomic E-state index is -0.339. The van der Waals surface area contributed by atoms with E-state index in [1.807, 2.05) is 31.2 Å². The summed E-state index contributed by atoms with van der Waals surface area (Å²) in [5, 5.41) is 0. The average Bonchev–Trinajstić information content (AvgIpc) is 2.89. The van der Waals surface area contributed by atoms with Crippen molar-refractivity contribution in [3.63, 3.8) is 0 Å². The molecule has 4 nitrogen and oxygen atoms in total. The number of hydrogen-bond acceptors (Lipinski definition) is 3. The van der Waals surface area contributed by atoms with Gasteiger partial charge in [-0.15, -0.1) is 0 Å². The van der Waals surface area contributed by atoms with E-state index in [-0.39, 0.29) is 11.9 Å². The van der Waals surface area contributed by atoms with Gasteiger partial charge in [-0.2, -0.15) is 0 Å². The monoisotopic (exact) mass is 322 g/mol. The van der Waals surface area contributed by atoms with Crippen LogP contribution in [0, 0.1) is 0 Å². The van der Waals surface area contributed by atoms with Crippen molar-refractivity contribution in [1.82, 2.24) is 9.97 Å². The van der Waals surface area contributed by atoms with E-state index < -0.39 is 0 Å². The van der Waals surface area contributed by atoms with Crippen molar-refractivity contribution in [2.45, 2.75) is 19.3 Å². The quantitative estimate of drug-likeness (QED) is 0.876. The van der Waals surface area contributed by atoms with E-state index in [0.29, 0.717) is 12.2 Å². The molecule has 0 aliphatic carbocycles. The van der Waals surface area contributed by atoms with Gasteiger partial charge in [0.1, 0.15) is 11.7 Å². The van der Waals surface area contributed by atoms with Crippen molar-refractivity contribution in [2.24, 2.45) is 0 Å². The Morgan fingerprint density at radius 1 is 1.42 bits per heavy atom. The number of benzene rings is 1. The number of aromatic amines is 1. The molecule has 5 heteroatoms. The molecule has 1 unspecified atom stereocenters. The highest BCUT2D eigenvalue weighted by molar-refractivity contribution is 9.10. The van der Waals surface area contributed by atoms with Gasteiger partial charge in [0.25, 0.3) is 0 Å². The average molecular weight is 323 g/mol. The van der Waals surface area contributed by atoms with Gasteiger partial charge < -0.3 is 9.72 Å². The number of ether oxygens (including phenoxy) is 1. The van der Waals surface area contributed by atoms with Gasteiger partial charge >= 0.3 is 5.97 Å². The molecule has 1 aromatic heterocycles. The molecule has 0 bridgehead atoms. The lowest BCUT2D eigenvalue weighted by atomic mass is 10.1. The molecule has 0 aliphatic rings. The smallest absolute Gasteiger partial charge is 0.316 e. The molecule has 2 rings (SSSR count). The van der Waals surface area contributed by atoms with Crippen molar-refractivity contribution in [3.8, 4) is 11.3 Å². The van der Waals surface area contributed by atoms with Crippen molar-refractivity contribution in [3.05, 3.63) is 40.8 Å². The number of nitrogens with one attached hydrogen (secondary N) is 1. The summed E-state index contributed by atoms with van der Waals surface area (Å²) in [7, 11) is 1.39. The first-order valence-corrected chi connectivity index (χ1v) is 6.83. The van der Waals surface area contributed by atoms with Crippen LogP contribution in [0.5, 0.6) is 0 Å². The number of halogens is 1. The summed E-state index contributed by atoms with van der Waals surface area (Å²) in [5.41, 5.74) is 1.92. The number of hydrogen-bond donors (Lipinski definition) is 1. The Labute approximate surface area is 120 Å². The van der Waals surface area contributed by atoms with Crippen molar-refractivity contribution >= 4 is 21.9 Å². The van der Waals surface area contributed by atoms with Crippen LogP contribution in [0.15, 0.2) is 34.9 Å². The molecule has 0 saturated heterocycles. The number of methoxy groups -OCH3 is 1. The summed E-state index contributed by atoms with van der Waals surface area (Å²) < 4.78 is 5.81. The third-order valence-electron chi connectivity index (χ3n) is 2.97. The number of carbonyl (C=O) groups excluding carboxylic acids is 1. The molecule has 1 aromatic carbocycles. The zero-order valence-electron chi connectivity index (χ0n) is 10.8. The highest BCUT2D eigenvalue weighted by Crippen LogP contribution is 2.24. The summed E-state index contributed by atoms with van der Waals surface area (Å²) >= 11 is 3.40. The number of aromatic nitrogens is 2. The third-order valence-corrected chi connectivity index (χ3v) is 3.50. The van der Waals surface area contributed by atoms with Gasteiger partial charge in [0.05, 0.1) is 19.0 Å². The summed E-state index contributed by atoms with van der Waals surface area (Å²) in [6.45, 7) is 1.93. The fourth-order valence-electron chi connectivity index (χ4n) is 1.90. The minimum absolute atomic E-state index is 0.265. The SMILES string of the molecule is CCC(C(=O)OC)c1ncc(-c2ccc(Br)cc2)[nH]1. The molecule has 0 fully saturated rings. The van der Waals surface area contributed by atoms with Crippen LogP contribution in [-0.2, 0) is 9.53 Å². The molecule has 2 aromatic rings. The standard InChI is InChI=1S/C14H15BrN2O2/c1-3-11(14(18)19-2)13-16-8-12(17-13)9-4-6-10(15)7-5-9/h4-8,11H,3H2,1-2H3,(H,16,17). The zero-order valence-corrected chi connectivity index (χ0v) is 12.4. The Morgan fingerprint density at radius 3 is 2.68 bits per heavy atom. The molecule has 1 N–H and O–H groups in total. The Bertz CT molecular complexity index is 563. The Hall–Kier alpha value is -1.62. The molecule has 0 radical (unpaired) electrons. The minimum Gasteiger partial charge on any atom is -0.468 e. The van der Waals surface area contributed by atoms with Gasteiger partial charge in [-0.3, -0.25) is 4.79 Å². The number of nitrogens with zero attached hydrogens (tertiary/aromatic N) is 1. The lowest BCUT2D eigenvalue weighted by Gasteiger charge is -2.08. The first kappa shape index (κ1) is 13.8. The van der Waals surface area contributed by atoms with Crippen molar-refractivity contribution < 1.29 is 9.53 Å². The predicted octanol–water partition coefficient (Wildman–Crippen LogP) is 3.51. The molecular formula is C14H15BrN2O2. The number of H-pyrrole nitrogens is 1. The van der Waals surface area contributed by atoms with Crippen LogP contribution in [0.3, 0.4) is 0 Å². The predicted molar refractivity (Wildman–Crippen MR) is 76.8 cm³/mol. The van der Waals surface area contributed by atoms with Gasteiger partial charge in [0.2, 0.25) is 0 Å². The van der Waals surface area contributed by atoms with Crippen LogP contribution in [0.4, 0.5) is 0 Å². The van der Waals surface area contributed by atoms with Crippen LogP contribution < -0.4 is 0 Å². The maximum Gasteiger partial charge on any atom is 0.316 e. The highest BCUT2D eigenvalue weighted by atomic mass is 79.9. The molecule has 1 heterocycles. The topological polar surface area (TPSA) is 55.0 Å². The molecule has 0 amide bonds. The highest BCUT2D eigenvalue weighted by Gasteiger charge is 2.22. The first-order chi connectivity index (χ1) is 9.15.